The summed E-state index contributed by atoms with van der Waals surface area (Å²) in [6, 6.07) is 11.9. The van der Waals surface area contributed by atoms with Crippen LogP contribution in [0.2, 0.25) is 0 Å². The lowest BCUT2D eigenvalue weighted by Crippen LogP contribution is -2.60. The molecule has 1 aromatic rings. The van der Waals surface area contributed by atoms with E-state index in [9.17, 15) is 19.6 Å². The summed E-state index contributed by atoms with van der Waals surface area (Å²) in [6.45, 7) is 18.0. The second-order valence-corrected chi connectivity index (χ2v) is 17.3. The Morgan fingerprint density at radius 2 is 1.56 bits per heavy atom. The van der Waals surface area contributed by atoms with Crippen molar-refractivity contribution in [1.82, 2.24) is 0 Å². The van der Waals surface area contributed by atoms with Gasteiger partial charge in [-0.25, -0.2) is 0 Å². The lowest BCUT2D eigenvalue weighted by Gasteiger charge is -2.65. The van der Waals surface area contributed by atoms with E-state index >= 15 is 0 Å². The van der Waals surface area contributed by atoms with Gasteiger partial charge < -0.3 is 5.32 Å². The third-order valence-electron chi connectivity index (χ3n) is 13.5. The van der Waals surface area contributed by atoms with Gasteiger partial charge in [-0.3, -0.25) is 14.4 Å². The number of hydrogen-bond acceptors (Lipinski definition) is 4. The molecule has 1 aromatic carbocycles. The third-order valence-corrected chi connectivity index (χ3v) is 13.5. The summed E-state index contributed by atoms with van der Waals surface area (Å²) in [7, 11) is 0. The van der Waals surface area contributed by atoms with Crippen molar-refractivity contribution in [3.63, 3.8) is 0 Å². The van der Waals surface area contributed by atoms with E-state index in [1.54, 1.807) is 0 Å². The molecule has 2 saturated carbocycles. The quantitative estimate of drug-likeness (QED) is 0.368. The van der Waals surface area contributed by atoms with Crippen LogP contribution in [-0.4, -0.2) is 17.5 Å². The monoisotopic (exact) mass is 610 g/mol. The fourth-order valence-corrected chi connectivity index (χ4v) is 10.0. The van der Waals surface area contributed by atoms with Crippen molar-refractivity contribution in [2.75, 3.05) is 5.32 Å². The number of para-hydroxylation sites is 1. The molecule has 0 saturated heterocycles. The number of carbonyl (C=O) groups excluding carboxylic acids is 3. The highest BCUT2D eigenvalue weighted by Gasteiger charge is 2.65. The van der Waals surface area contributed by atoms with E-state index < -0.39 is 10.8 Å². The summed E-state index contributed by atoms with van der Waals surface area (Å²) in [5.41, 5.74) is 0.511. The van der Waals surface area contributed by atoms with E-state index in [1.807, 2.05) is 56.3 Å². The molecular weight excluding hydrogens is 556 g/mol. The number of carbonyl (C=O) groups is 3. The summed E-state index contributed by atoms with van der Waals surface area (Å²) < 4.78 is 0. The van der Waals surface area contributed by atoms with Crippen molar-refractivity contribution in [2.45, 2.75) is 120 Å². The van der Waals surface area contributed by atoms with E-state index in [2.05, 4.69) is 52.9 Å². The van der Waals surface area contributed by atoms with Gasteiger partial charge in [0.15, 0.2) is 11.6 Å². The number of amides is 1. The highest BCUT2D eigenvalue weighted by Crippen LogP contribution is 2.70. The Balaban J connectivity index is 1.51. The first-order valence-corrected chi connectivity index (χ1v) is 17.2. The Hall–Kier alpha value is -3.00. The zero-order valence-electron chi connectivity index (χ0n) is 28.9. The molecule has 45 heavy (non-hydrogen) atoms. The van der Waals surface area contributed by atoms with Crippen molar-refractivity contribution in [2.24, 2.45) is 44.3 Å². The molecule has 6 atom stereocenters. The van der Waals surface area contributed by atoms with Gasteiger partial charge in [-0.05, 0) is 104 Å². The van der Waals surface area contributed by atoms with Gasteiger partial charge in [0.2, 0.25) is 5.91 Å². The lowest BCUT2D eigenvalue weighted by molar-refractivity contribution is -0.139. The van der Waals surface area contributed by atoms with Gasteiger partial charge in [0.25, 0.3) is 0 Å². The second kappa shape index (κ2) is 11.4. The molecule has 0 spiro atoms. The van der Waals surface area contributed by atoms with Crippen LogP contribution in [0.4, 0.5) is 5.69 Å². The van der Waals surface area contributed by atoms with Gasteiger partial charge in [0.05, 0.1) is 5.57 Å². The number of nitriles is 1. The van der Waals surface area contributed by atoms with Crippen LogP contribution in [-0.2, 0) is 14.4 Å². The number of allylic oxidation sites excluding steroid dienone is 4. The van der Waals surface area contributed by atoms with Crippen molar-refractivity contribution in [3.8, 4) is 6.07 Å². The Kier molecular flexibility index (Phi) is 8.42. The lowest BCUT2D eigenvalue weighted by atomic mass is 9.38. The molecular formula is C40H54N2O3. The molecule has 1 N–H and O–H groups in total. The standard InChI is InChI=1S/C40H54N2O3/c1-35(2)17-14-29-30(43)24-32-38(6)25-27(26-41)34(45)36(3,4)31(38)15-19-40(32,8)39(29,7)23-22-37(5,21-20-35)18-16-33(44)42-28-12-10-9-11-13-28/h9-13,24-25,29,31H,14-23H2,1-8H3,(H,42,44)/t29?,31-,37-,38-,39+,40+/m0/s1. The van der Waals surface area contributed by atoms with E-state index in [1.165, 1.54) is 0 Å². The molecule has 4 aliphatic carbocycles. The van der Waals surface area contributed by atoms with Gasteiger partial charge in [0, 0.05) is 28.9 Å². The minimum Gasteiger partial charge on any atom is -0.326 e. The molecule has 2 fully saturated rings. The number of benzene rings is 1. The normalized spacial score (nSPS) is 37.5. The molecule has 5 nitrogen and oxygen atoms in total. The maximum Gasteiger partial charge on any atom is 0.224 e. The fourth-order valence-electron chi connectivity index (χ4n) is 10.0. The Labute approximate surface area is 271 Å². The summed E-state index contributed by atoms with van der Waals surface area (Å²) in [5.74, 6) is 0.152. The van der Waals surface area contributed by atoms with E-state index in [-0.39, 0.29) is 56.5 Å². The molecule has 5 heteroatoms. The number of ketones is 2. The van der Waals surface area contributed by atoms with Gasteiger partial charge >= 0.3 is 0 Å². The highest BCUT2D eigenvalue weighted by atomic mass is 16.1. The SMILES string of the molecule is CC1(C)CCC2C(=O)C=C3[C@@]4(C)C=C(C#N)C(=O)C(C)(C)[C@@H]4CC[C@@]3(C)[C@]2(C)CC[C@@](C)(CCC(=O)Nc2ccccc2)CC1. The number of rotatable bonds is 4. The molecule has 242 valence electrons. The van der Waals surface area contributed by atoms with Gasteiger partial charge in [0.1, 0.15) is 6.07 Å². The number of nitrogens with zero attached hydrogens (tertiary/aromatic N) is 1. The van der Waals surface area contributed by atoms with Crippen molar-refractivity contribution < 1.29 is 14.4 Å². The molecule has 0 aliphatic heterocycles. The third kappa shape index (κ3) is 5.66. The fraction of sp³-hybridized carbons (Fsp3) is 0.650. The van der Waals surface area contributed by atoms with Crippen LogP contribution in [0.1, 0.15) is 120 Å². The maximum absolute atomic E-state index is 14.4. The van der Waals surface area contributed by atoms with Crippen LogP contribution in [0.3, 0.4) is 0 Å². The molecule has 0 aromatic heterocycles. The first-order valence-electron chi connectivity index (χ1n) is 17.2. The second-order valence-electron chi connectivity index (χ2n) is 17.3. The predicted octanol–water partition coefficient (Wildman–Crippen LogP) is 9.41. The summed E-state index contributed by atoms with van der Waals surface area (Å²) >= 11 is 0. The largest absolute Gasteiger partial charge is 0.326 e. The summed E-state index contributed by atoms with van der Waals surface area (Å²) in [4.78, 5) is 40.8. The molecule has 0 bridgehead atoms. The highest BCUT2D eigenvalue weighted by molar-refractivity contribution is 6.04. The van der Waals surface area contributed by atoms with Crippen LogP contribution in [0, 0.1) is 55.7 Å². The van der Waals surface area contributed by atoms with Crippen LogP contribution in [0.25, 0.3) is 0 Å². The first-order chi connectivity index (χ1) is 20.9. The van der Waals surface area contributed by atoms with Crippen LogP contribution < -0.4 is 5.32 Å². The first kappa shape index (κ1) is 33.4. The number of Topliss-reactive ketones (excluding diaryl/α,β-unsaturated/α-hetero) is 1. The average molecular weight is 611 g/mol. The maximum atomic E-state index is 14.4. The van der Waals surface area contributed by atoms with E-state index in [0.29, 0.717) is 6.42 Å². The molecule has 0 heterocycles. The van der Waals surface area contributed by atoms with Crippen LogP contribution in [0.5, 0.6) is 0 Å². The molecule has 1 amide bonds. The number of nitrogens with one attached hydrogen (secondary N) is 1. The Bertz CT molecular complexity index is 1480. The molecule has 0 radical (unpaired) electrons. The topological polar surface area (TPSA) is 87.0 Å². The van der Waals surface area contributed by atoms with Crippen molar-refractivity contribution in [1.29, 1.82) is 5.26 Å². The van der Waals surface area contributed by atoms with Crippen LogP contribution in [0.15, 0.2) is 53.6 Å². The van der Waals surface area contributed by atoms with E-state index in [0.717, 1.165) is 69.0 Å². The van der Waals surface area contributed by atoms with Gasteiger partial charge in [-0.15, -0.1) is 0 Å². The number of anilines is 1. The van der Waals surface area contributed by atoms with Crippen molar-refractivity contribution in [3.05, 3.63) is 53.6 Å². The van der Waals surface area contributed by atoms with Gasteiger partial charge in [-0.1, -0.05) is 85.2 Å². The minimum atomic E-state index is -0.670. The molecule has 1 unspecified atom stereocenters. The van der Waals surface area contributed by atoms with Crippen molar-refractivity contribution >= 4 is 23.2 Å². The smallest absolute Gasteiger partial charge is 0.224 e. The zero-order valence-corrected chi connectivity index (χ0v) is 28.9. The molecule has 4 aliphatic rings. The van der Waals surface area contributed by atoms with Gasteiger partial charge in [-0.2, -0.15) is 5.26 Å². The summed E-state index contributed by atoms with van der Waals surface area (Å²) in [5, 5.41) is 13.1. The Morgan fingerprint density at radius 3 is 2.22 bits per heavy atom. The number of fused-ring (bicyclic) bond motifs is 5. The predicted molar refractivity (Wildman–Crippen MR) is 180 cm³/mol. The minimum absolute atomic E-state index is 0.0359. The zero-order chi connectivity index (χ0) is 33.1. The van der Waals surface area contributed by atoms with E-state index in [4.69, 9.17) is 0 Å². The van der Waals surface area contributed by atoms with Crippen LogP contribution >= 0.6 is 0 Å². The Morgan fingerprint density at radius 1 is 0.889 bits per heavy atom. The number of hydrogen-bond donors (Lipinski definition) is 1. The summed E-state index contributed by atoms with van der Waals surface area (Å²) in [6.07, 6.45) is 12.8. The average Bonchev–Trinajstić information content (AvgIpc) is 2.98. The molecule has 5 rings (SSSR count).